The van der Waals surface area contributed by atoms with Gasteiger partial charge in [0.1, 0.15) is 17.2 Å². The molecule has 1 fully saturated rings. The molecule has 2 aromatic carbocycles. The minimum atomic E-state index is -0.385. The topological polar surface area (TPSA) is 88.6 Å². The van der Waals surface area contributed by atoms with Crippen LogP contribution < -0.4 is 25.0 Å². The van der Waals surface area contributed by atoms with Crippen molar-refractivity contribution in [2.24, 2.45) is 0 Å². The zero-order chi connectivity index (χ0) is 22.3. The highest BCUT2D eigenvalue weighted by atomic mass is 16.5. The van der Waals surface area contributed by atoms with Gasteiger partial charge in [-0.1, -0.05) is 12.1 Å². The van der Waals surface area contributed by atoms with E-state index in [4.69, 9.17) is 9.47 Å². The molecule has 32 heavy (non-hydrogen) atoms. The van der Waals surface area contributed by atoms with Crippen molar-refractivity contribution in [1.82, 2.24) is 9.97 Å². The summed E-state index contributed by atoms with van der Waals surface area (Å²) < 4.78 is 10.6. The first-order chi connectivity index (χ1) is 15.7. The summed E-state index contributed by atoms with van der Waals surface area (Å²) in [4.78, 5) is 24.1. The van der Waals surface area contributed by atoms with Crippen LogP contribution in [0.3, 0.4) is 0 Å². The van der Waals surface area contributed by atoms with Crippen LogP contribution in [0, 0.1) is 0 Å². The number of ether oxygens (including phenoxy) is 2. The number of urea groups is 1. The molecule has 2 N–H and O–H groups in total. The summed E-state index contributed by atoms with van der Waals surface area (Å²) >= 11 is 0. The molecule has 2 amide bonds. The standard InChI is InChI=1S/C24H27N5O3/c1-31-19-9-10-21(32-2)20(16-19)28-24(30)27-18-8-6-7-17(15-18)22-23(26-12-11-25-22)29-13-4-3-5-14-29/h6-12,15-16H,3-5,13-14H2,1-2H3,(H2,27,28,30). The lowest BCUT2D eigenvalue weighted by molar-refractivity contribution is 0.262. The Hall–Kier alpha value is -3.81. The molecule has 1 aliphatic heterocycles. The number of hydrogen-bond donors (Lipinski definition) is 2. The average Bonchev–Trinajstić information content (AvgIpc) is 2.84. The molecule has 1 aromatic heterocycles. The molecule has 1 aliphatic rings. The zero-order valence-electron chi connectivity index (χ0n) is 18.3. The molecule has 0 saturated carbocycles. The number of nitrogens with zero attached hydrogens (tertiary/aromatic N) is 3. The Bertz CT molecular complexity index is 1080. The van der Waals surface area contributed by atoms with Crippen molar-refractivity contribution in [3.05, 3.63) is 54.9 Å². The predicted octanol–water partition coefficient (Wildman–Crippen LogP) is 4.80. The molecule has 0 unspecified atom stereocenters. The normalized spacial score (nSPS) is 13.4. The molecule has 1 saturated heterocycles. The molecule has 8 nitrogen and oxygen atoms in total. The van der Waals surface area contributed by atoms with Crippen LogP contribution in [-0.2, 0) is 0 Å². The van der Waals surface area contributed by atoms with E-state index in [0.29, 0.717) is 22.9 Å². The Morgan fingerprint density at radius 2 is 1.75 bits per heavy atom. The lowest BCUT2D eigenvalue weighted by Crippen LogP contribution is -2.30. The predicted molar refractivity (Wildman–Crippen MR) is 126 cm³/mol. The van der Waals surface area contributed by atoms with Gasteiger partial charge in [0, 0.05) is 42.8 Å². The molecule has 0 spiro atoms. The van der Waals surface area contributed by atoms with Crippen molar-refractivity contribution in [3.8, 4) is 22.8 Å². The summed E-state index contributed by atoms with van der Waals surface area (Å²) in [7, 11) is 3.12. The average molecular weight is 434 g/mol. The Kier molecular flexibility index (Phi) is 6.69. The fourth-order valence-electron chi connectivity index (χ4n) is 3.81. The summed E-state index contributed by atoms with van der Waals surface area (Å²) in [6, 6.07) is 12.4. The van der Waals surface area contributed by atoms with E-state index in [1.165, 1.54) is 6.42 Å². The van der Waals surface area contributed by atoms with Crippen molar-refractivity contribution in [2.75, 3.05) is 42.8 Å². The molecule has 0 radical (unpaired) electrons. The number of anilines is 3. The zero-order valence-corrected chi connectivity index (χ0v) is 18.3. The van der Waals surface area contributed by atoms with E-state index in [1.807, 2.05) is 24.3 Å². The van der Waals surface area contributed by atoms with Crippen LogP contribution in [0.15, 0.2) is 54.9 Å². The lowest BCUT2D eigenvalue weighted by atomic mass is 10.1. The molecule has 2 heterocycles. The maximum atomic E-state index is 12.7. The first kappa shape index (κ1) is 21.4. The summed E-state index contributed by atoms with van der Waals surface area (Å²) in [6.45, 7) is 1.96. The SMILES string of the molecule is COc1ccc(OC)c(NC(=O)Nc2cccc(-c3nccnc3N3CCCCC3)c2)c1. The molecule has 3 aromatic rings. The van der Waals surface area contributed by atoms with Crippen LogP contribution in [-0.4, -0.2) is 43.3 Å². The first-order valence-electron chi connectivity index (χ1n) is 10.6. The van der Waals surface area contributed by atoms with Crippen LogP contribution in [0.2, 0.25) is 0 Å². The van der Waals surface area contributed by atoms with E-state index in [-0.39, 0.29) is 6.03 Å². The molecule has 4 rings (SSSR count). The van der Waals surface area contributed by atoms with Gasteiger partial charge in [0.05, 0.1) is 19.9 Å². The maximum absolute atomic E-state index is 12.7. The molecule has 0 bridgehead atoms. The van der Waals surface area contributed by atoms with Gasteiger partial charge in [-0.25, -0.2) is 9.78 Å². The van der Waals surface area contributed by atoms with E-state index in [0.717, 1.165) is 43.0 Å². The first-order valence-corrected chi connectivity index (χ1v) is 10.6. The van der Waals surface area contributed by atoms with Gasteiger partial charge < -0.3 is 25.0 Å². The summed E-state index contributed by atoms with van der Waals surface area (Å²) in [6.07, 6.45) is 6.99. The monoisotopic (exact) mass is 433 g/mol. The minimum absolute atomic E-state index is 0.385. The number of piperidine rings is 1. The molecule has 166 valence electrons. The quantitative estimate of drug-likeness (QED) is 0.581. The Balaban J connectivity index is 1.53. The van der Waals surface area contributed by atoms with E-state index < -0.39 is 0 Å². The Labute approximate surface area is 187 Å². The Morgan fingerprint density at radius 3 is 2.53 bits per heavy atom. The number of carbonyl (C=O) groups excluding carboxylic acids is 1. The van der Waals surface area contributed by atoms with Crippen molar-refractivity contribution in [2.45, 2.75) is 19.3 Å². The number of hydrogen-bond acceptors (Lipinski definition) is 6. The van der Waals surface area contributed by atoms with Crippen LogP contribution in [0.25, 0.3) is 11.3 Å². The number of methoxy groups -OCH3 is 2. The highest BCUT2D eigenvalue weighted by molar-refractivity contribution is 6.01. The van der Waals surface area contributed by atoms with Crippen LogP contribution >= 0.6 is 0 Å². The van der Waals surface area contributed by atoms with Gasteiger partial charge in [-0.3, -0.25) is 4.98 Å². The highest BCUT2D eigenvalue weighted by Crippen LogP contribution is 2.31. The van der Waals surface area contributed by atoms with Crippen LogP contribution in [0.5, 0.6) is 11.5 Å². The van der Waals surface area contributed by atoms with Gasteiger partial charge in [-0.05, 0) is 43.5 Å². The summed E-state index contributed by atoms with van der Waals surface area (Å²) in [5.74, 6) is 2.05. The van der Waals surface area contributed by atoms with Crippen LogP contribution in [0.1, 0.15) is 19.3 Å². The number of nitrogens with one attached hydrogen (secondary N) is 2. The smallest absolute Gasteiger partial charge is 0.323 e. The molecular formula is C24H27N5O3. The van der Waals surface area contributed by atoms with Gasteiger partial charge in [0.15, 0.2) is 5.82 Å². The summed E-state index contributed by atoms with van der Waals surface area (Å²) in [5.41, 5.74) is 2.88. The largest absolute Gasteiger partial charge is 0.497 e. The summed E-state index contributed by atoms with van der Waals surface area (Å²) in [5, 5.41) is 5.70. The number of benzene rings is 2. The van der Waals surface area contributed by atoms with E-state index in [1.54, 1.807) is 44.8 Å². The van der Waals surface area contributed by atoms with Gasteiger partial charge in [-0.15, -0.1) is 0 Å². The number of aromatic nitrogens is 2. The number of carbonyl (C=O) groups is 1. The van der Waals surface area contributed by atoms with Crippen molar-refractivity contribution >= 4 is 23.2 Å². The van der Waals surface area contributed by atoms with Crippen LogP contribution in [0.4, 0.5) is 22.0 Å². The molecule has 0 atom stereocenters. The van der Waals surface area contributed by atoms with Crippen molar-refractivity contribution in [3.63, 3.8) is 0 Å². The molecular weight excluding hydrogens is 406 g/mol. The lowest BCUT2D eigenvalue weighted by Gasteiger charge is -2.28. The second-order valence-electron chi connectivity index (χ2n) is 7.50. The molecule has 8 heteroatoms. The number of amides is 2. The van der Waals surface area contributed by atoms with Crippen molar-refractivity contribution in [1.29, 1.82) is 0 Å². The highest BCUT2D eigenvalue weighted by Gasteiger charge is 2.18. The fourth-order valence-corrected chi connectivity index (χ4v) is 3.81. The van der Waals surface area contributed by atoms with Crippen molar-refractivity contribution < 1.29 is 14.3 Å². The Morgan fingerprint density at radius 1 is 0.938 bits per heavy atom. The van der Waals surface area contributed by atoms with Gasteiger partial charge >= 0.3 is 6.03 Å². The minimum Gasteiger partial charge on any atom is -0.497 e. The second-order valence-corrected chi connectivity index (χ2v) is 7.50. The maximum Gasteiger partial charge on any atom is 0.323 e. The van der Waals surface area contributed by atoms with E-state index >= 15 is 0 Å². The van der Waals surface area contributed by atoms with E-state index in [2.05, 4.69) is 25.5 Å². The third kappa shape index (κ3) is 4.91. The second kappa shape index (κ2) is 10.00. The van der Waals surface area contributed by atoms with E-state index in [9.17, 15) is 4.79 Å². The fraction of sp³-hybridized carbons (Fsp3) is 0.292. The van der Waals surface area contributed by atoms with Gasteiger partial charge in [-0.2, -0.15) is 0 Å². The third-order valence-corrected chi connectivity index (χ3v) is 5.38. The van der Waals surface area contributed by atoms with Gasteiger partial charge in [0.2, 0.25) is 0 Å². The number of rotatable bonds is 6. The third-order valence-electron chi connectivity index (χ3n) is 5.38. The molecule has 0 aliphatic carbocycles. The van der Waals surface area contributed by atoms with Gasteiger partial charge in [0.25, 0.3) is 0 Å².